The number of benzene rings is 10. The maximum absolute atomic E-state index is 2.56. The summed E-state index contributed by atoms with van der Waals surface area (Å²) in [5, 5.41) is 0. The molecule has 0 aromatic heterocycles. The van der Waals surface area contributed by atoms with Crippen molar-refractivity contribution in [2.75, 3.05) is 4.90 Å². The quantitative estimate of drug-likeness (QED) is 0.170. The van der Waals surface area contributed by atoms with E-state index in [1.54, 1.807) is 0 Å². The van der Waals surface area contributed by atoms with Crippen molar-refractivity contribution in [2.24, 2.45) is 0 Å². The first-order valence-electron chi connectivity index (χ1n) is 26.2. The van der Waals surface area contributed by atoms with Crippen LogP contribution in [0.2, 0.25) is 0 Å². The molecule has 1 heteroatoms. The molecule has 1 nitrogen and oxygen atoms in total. The zero-order valence-corrected chi connectivity index (χ0v) is 43.2. The molecule has 0 amide bonds. The predicted molar refractivity (Wildman–Crippen MR) is 305 cm³/mol. The molecule has 0 fully saturated rings. The van der Waals surface area contributed by atoms with Gasteiger partial charge < -0.3 is 4.90 Å². The average Bonchev–Trinajstić information content (AvgIpc) is 3.97. The van der Waals surface area contributed by atoms with Crippen molar-refractivity contribution in [3.8, 4) is 44.5 Å². The van der Waals surface area contributed by atoms with Crippen LogP contribution in [-0.4, -0.2) is 0 Å². The van der Waals surface area contributed by atoms with Gasteiger partial charge in [-0.25, -0.2) is 0 Å². The SMILES string of the molecule is Cc1ccc2c(c1)C1(c3ccccc3-c3ccc(C(C)(C)C)cc31)c1cc(N(c3ccc(-c4ccccc4)cc3)c3ccc4c(c3)C3(c5cc(C)ccc5-4)c4ccccc4C(C)(C)c4c(C)cccc43)ccc1-2. The fraction of sp³-hybridized carbons (Fsp3) is 0.167. The minimum Gasteiger partial charge on any atom is -0.310 e. The van der Waals surface area contributed by atoms with Crippen LogP contribution in [0, 0.1) is 20.8 Å². The second-order valence-electron chi connectivity index (χ2n) is 23.0. The van der Waals surface area contributed by atoms with Crippen LogP contribution in [0.3, 0.4) is 0 Å². The van der Waals surface area contributed by atoms with Crippen molar-refractivity contribution in [1.82, 2.24) is 0 Å². The highest BCUT2D eigenvalue weighted by atomic mass is 15.1. The molecule has 73 heavy (non-hydrogen) atoms. The maximum Gasteiger partial charge on any atom is 0.0726 e. The zero-order chi connectivity index (χ0) is 49.8. The Balaban J connectivity index is 1.06. The minimum atomic E-state index is -0.535. The van der Waals surface area contributed by atoms with Crippen molar-refractivity contribution in [3.05, 3.63) is 290 Å². The van der Waals surface area contributed by atoms with Crippen molar-refractivity contribution in [3.63, 3.8) is 0 Å². The lowest BCUT2D eigenvalue weighted by molar-refractivity contribution is 0.559. The second kappa shape index (κ2) is 15.3. The van der Waals surface area contributed by atoms with Gasteiger partial charge in [0.05, 0.1) is 10.8 Å². The molecule has 10 aromatic rings. The molecular formula is C72H59N. The van der Waals surface area contributed by atoms with E-state index in [0.717, 1.165) is 17.1 Å². The molecule has 0 heterocycles. The van der Waals surface area contributed by atoms with Gasteiger partial charge in [-0.2, -0.15) is 0 Å². The summed E-state index contributed by atoms with van der Waals surface area (Å²) in [5.74, 6) is 0. The number of hydrogen-bond acceptors (Lipinski definition) is 1. The molecule has 0 saturated heterocycles. The number of nitrogens with zero attached hydrogens (tertiary/aromatic N) is 1. The van der Waals surface area contributed by atoms with E-state index in [4.69, 9.17) is 0 Å². The third-order valence-electron chi connectivity index (χ3n) is 17.5. The van der Waals surface area contributed by atoms with E-state index in [2.05, 4.69) is 273 Å². The molecule has 4 aliphatic rings. The van der Waals surface area contributed by atoms with Crippen LogP contribution in [0.1, 0.15) is 113 Å². The fourth-order valence-corrected chi connectivity index (χ4v) is 14.4. The predicted octanol–water partition coefficient (Wildman–Crippen LogP) is 18.4. The van der Waals surface area contributed by atoms with E-state index in [0.29, 0.717) is 0 Å². The third kappa shape index (κ3) is 5.85. The number of rotatable bonds is 4. The Labute approximate surface area is 431 Å². The lowest BCUT2D eigenvalue weighted by atomic mass is 9.55. The van der Waals surface area contributed by atoms with E-state index < -0.39 is 10.8 Å². The number of fused-ring (bicyclic) bond motifs is 19. The first-order chi connectivity index (χ1) is 35.3. The van der Waals surface area contributed by atoms with Crippen molar-refractivity contribution < 1.29 is 0 Å². The second-order valence-corrected chi connectivity index (χ2v) is 23.0. The van der Waals surface area contributed by atoms with Crippen LogP contribution in [0.5, 0.6) is 0 Å². The summed E-state index contributed by atoms with van der Waals surface area (Å²) in [6.07, 6.45) is 0. The molecule has 2 spiro atoms. The van der Waals surface area contributed by atoms with Crippen LogP contribution in [0.4, 0.5) is 17.1 Å². The molecule has 10 aromatic carbocycles. The van der Waals surface area contributed by atoms with Gasteiger partial charge in [-0.05, 0) is 174 Å². The van der Waals surface area contributed by atoms with Crippen LogP contribution in [-0.2, 0) is 21.7 Å². The standard InChI is InChI=1S/C72H59N/c1-44-25-34-54-57-37-32-51(42-66(57)71(63(54)39-44)59-21-13-12-20-53(59)56-36-29-49(41-65(56)71)69(4,5)6)73(50-30-27-48(28-31-50)47-18-10-9-11-19-47)52-33-38-58-55-35-26-45(2)40-64(55)72(67(58)43-52)61-23-15-14-22-60(61)70(7,8)68-46(3)17-16-24-62(68)72/h9-43H,1-8H3. The van der Waals surface area contributed by atoms with E-state index in [-0.39, 0.29) is 10.8 Å². The zero-order valence-electron chi connectivity index (χ0n) is 43.2. The Hall–Kier alpha value is -8.00. The summed E-state index contributed by atoms with van der Waals surface area (Å²) < 4.78 is 0. The van der Waals surface area contributed by atoms with E-state index in [1.165, 1.54) is 122 Å². The van der Waals surface area contributed by atoms with Gasteiger partial charge in [-0.15, -0.1) is 0 Å². The van der Waals surface area contributed by atoms with Gasteiger partial charge in [-0.1, -0.05) is 222 Å². The summed E-state index contributed by atoms with van der Waals surface area (Å²) in [5.41, 5.74) is 31.4. The molecule has 2 atom stereocenters. The molecule has 14 rings (SSSR count). The summed E-state index contributed by atoms with van der Waals surface area (Å²) in [7, 11) is 0. The van der Waals surface area contributed by atoms with Crippen LogP contribution < -0.4 is 4.90 Å². The Morgan fingerprint density at radius 2 is 0.767 bits per heavy atom. The Morgan fingerprint density at radius 3 is 1.37 bits per heavy atom. The fourth-order valence-electron chi connectivity index (χ4n) is 14.4. The van der Waals surface area contributed by atoms with Gasteiger partial charge in [0.25, 0.3) is 0 Å². The van der Waals surface area contributed by atoms with Gasteiger partial charge in [0.2, 0.25) is 0 Å². The number of aryl methyl sites for hydroxylation is 3. The third-order valence-corrected chi connectivity index (χ3v) is 17.5. The first-order valence-corrected chi connectivity index (χ1v) is 26.2. The highest BCUT2D eigenvalue weighted by molar-refractivity contribution is 5.98. The molecule has 2 unspecified atom stereocenters. The van der Waals surface area contributed by atoms with Crippen LogP contribution >= 0.6 is 0 Å². The minimum absolute atomic E-state index is 0.0243. The smallest absolute Gasteiger partial charge is 0.0726 e. The average molecular weight is 938 g/mol. The van der Waals surface area contributed by atoms with Crippen LogP contribution in [0.15, 0.2) is 212 Å². The summed E-state index contributed by atoms with van der Waals surface area (Å²) in [6.45, 7) is 18.7. The highest BCUT2D eigenvalue weighted by Crippen LogP contribution is 2.66. The van der Waals surface area contributed by atoms with E-state index in [9.17, 15) is 0 Å². The number of anilines is 3. The van der Waals surface area contributed by atoms with E-state index in [1.807, 2.05) is 0 Å². The van der Waals surface area contributed by atoms with Gasteiger partial charge in [0, 0.05) is 22.5 Å². The van der Waals surface area contributed by atoms with Gasteiger partial charge in [0.1, 0.15) is 0 Å². The summed E-state index contributed by atoms with van der Waals surface area (Å²) in [4.78, 5) is 2.54. The summed E-state index contributed by atoms with van der Waals surface area (Å²) >= 11 is 0. The van der Waals surface area contributed by atoms with Gasteiger partial charge in [0.15, 0.2) is 0 Å². The molecule has 0 radical (unpaired) electrons. The van der Waals surface area contributed by atoms with Crippen molar-refractivity contribution >= 4 is 17.1 Å². The molecule has 0 aliphatic heterocycles. The molecule has 0 saturated carbocycles. The molecule has 4 aliphatic carbocycles. The van der Waals surface area contributed by atoms with Gasteiger partial charge in [-0.3, -0.25) is 0 Å². The van der Waals surface area contributed by atoms with E-state index >= 15 is 0 Å². The summed E-state index contributed by atoms with van der Waals surface area (Å²) in [6, 6.07) is 82.0. The monoisotopic (exact) mass is 937 g/mol. The molecule has 0 bridgehead atoms. The van der Waals surface area contributed by atoms with Gasteiger partial charge >= 0.3 is 0 Å². The Kier molecular flexibility index (Phi) is 9.15. The Bertz CT molecular complexity index is 3950. The largest absolute Gasteiger partial charge is 0.310 e. The van der Waals surface area contributed by atoms with Crippen LogP contribution in [0.25, 0.3) is 44.5 Å². The van der Waals surface area contributed by atoms with Crippen molar-refractivity contribution in [2.45, 2.75) is 77.0 Å². The lowest BCUT2D eigenvalue weighted by Crippen LogP contribution is -2.41. The maximum atomic E-state index is 2.56. The van der Waals surface area contributed by atoms with Crippen molar-refractivity contribution in [1.29, 1.82) is 0 Å². The first kappa shape index (κ1) is 43.8. The number of hydrogen-bond donors (Lipinski definition) is 0. The molecule has 352 valence electrons. The Morgan fingerprint density at radius 1 is 0.329 bits per heavy atom. The molecular weight excluding hydrogens is 879 g/mol. The highest BCUT2D eigenvalue weighted by Gasteiger charge is 2.55. The lowest BCUT2D eigenvalue weighted by Gasteiger charge is -2.47. The topological polar surface area (TPSA) is 3.24 Å². The normalized spacial score (nSPS) is 17.8. The molecule has 0 N–H and O–H groups in total.